The molecule has 0 aromatic carbocycles. The number of ether oxygens (including phenoxy) is 1. The molecule has 0 fully saturated rings. The number of hydrogen-bond donors (Lipinski definition) is 2. The van der Waals surface area contributed by atoms with E-state index in [1.807, 2.05) is 0 Å². The van der Waals surface area contributed by atoms with Crippen molar-refractivity contribution in [2.45, 2.75) is 77.2 Å². The molecule has 20 heavy (non-hydrogen) atoms. The average molecular weight is 287 g/mol. The fourth-order valence-corrected chi connectivity index (χ4v) is 1.91. The van der Waals surface area contributed by atoms with Crippen LogP contribution >= 0.6 is 0 Å². The van der Waals surface area contributed by atoms with Crippen LogP contribution in [0.2, 0.25) is 0 Å². The lowest BCUT2D eigenvalue weighted by Gasteiger charge is -2.07. The van der Waals surface area contributed by atoms with E-state index in [0.717, 1.165) is 19.3 Å². The Kier molecular flexibility index (Phi) is 12.2. The summed E-state index contributed by atoms with van der Waals surface area (Å²) >= 11 is 0. The van der Waals surface area contributed by atoms with Crippen LogP contribution in [0.15, 0.2) is 0 Å². The summed E-state index contributed by atoms with van der Waals surface area (Å²) < 4.78 is 4.79. The summed E-state index contributed by atoms with van der Waals surface area (Å²) in [5.74, 6) is -1.51. The molecule has 0 heterocycles. The first kappa shape index (κ1) is 18.9. The van der Waals surface area contributed by atoms with Gasteiger partial charge < -0.3 is 15.6 Å². The summed E-state index contributed by atoms with van der Waals surface area (Å²) in [5.41, 5.74) is 5.23. The summed E-state index contributed by atoms with van der Waals surface area (Å²) in [6, 6.07) is -1.12. The number of esters is 1. The minimum Gasteiger partial charge on any atom is -0.480 e. The quantitative estimate of drug-likeness (QED) is 0.401. The zero-order valence-electron chi connectivity index (χ0n) is 12.6. The predicted octanol–water partition coefficient (Wildman–Crippen LogP) is 2.86. The molecule has 0 aromatic heterocycles. The lowest BCUT2D eigenvalue weighted by Crippen LogP contribution is -2.35. The number of aliphatic carboxylic acids is 1. The first-order chi connectivity index (χ1) is 9.57. The van der Waals surface area contributed by atoms with E-state index < -0.39 is 12.0 Å². The van der Waals surface area contributed by atoms with Crippen molar-refractivity contribution < 1.29 is 19.4 Å². The Labute approximate surface area is 121 Å². The number of rotatable bonds is 13. The molecule has 5 heteroatoms. The van der Waals surface area contributed by atoms with Crippen molar-refractivity contribution in [2.24, 2.45) is 5.73 Å². The van der Waals surface area contributed by atoms with Crippen LogP contribution in [0, 0.1) is 0 Å². The highest BCUT2D eigenvalue weighted by molar-refractivity contribution is 5.74. The van der Waals surface area contributed by atoms with E-state index >= 15 is 0 Å². The number of carboxylic acids is 1. The summed E-state index contributed by atoms with van der Waals surface area (Å²) in [6.45, 7) is 1.97. The van der Waals surface area contributed by atoms with E-state index in [1.54, 1.807) is 0 Å². The van der Waals surface area contributed by atoms with Crippen LogP contribution in [0.1, 0.15) is 71.1 Å². The maximum Gasteiger partial charge on any atom is 0.324 e. The maximum absolute atomic E-state index is 11.3. The molecule has 1 atom stereocenters. The van der Waals surface area contributed by atoms with Gasteiger partial charge in [0.05, 0.1) is 0 Å². The highest BCUT2D eigenvalue weighted by Crippen LogP contribution is 2.10. The SMILES string of the molecule is CCCCCCCCCCCC(=O)OCC(N)C(=O)O. The zero-order valence-corrected chi connectivity index (χ0v) is 12.6. The van der Waals surface area contributed by atoms with Gasteiger partial charge in [-0.3, -0.25) is 9.59 Å². The van der Waals surface area contributed by atoms with Crippen molar-refractivity contribution in [3.05, 3.63) is 0 Å². The van der Waals surface area contributed by atoms with Gasteiger partial charge in [0.25, 0.3) is 0 Å². The van der Waals surface area contributed by atoms with Crippen LogP contribution in [0.3, 0.4) is 0 Å². The van der Waals surface area contributed by atoms with Gasteiger partial charge in [0.1, 0.15) is 12.6 Å². The normalized spacial score (nSPS) is 12.1. The Morgan fingerprint density at radius 1 is 1.00 bits per heavy atom. The Bertz CT molecular complexity index is 269. The van der Waals surface area contributed by atoms with E-state index in [1.165, 1.54) is 38.5 Å². The second-order valence-electron chi connectivity index (χ2n) is 5.21. The van der Waals surface area contributed by atoms with Gasteiger partial charge in [-0.25, -0.2) is 0 Å². The first-order valence-corrected chi connectivity index (χ1v) is 7.72. The molecule has 0 saturated heterocycles. The summed E-state index contributed by atoms with van der Waals surface area (Å²) in [5, 5.41) is 8.53. The average Bonchev–Trinajstić information content (AvgIpc) is 2.42. The van der Waals surface area contributed by atoms with Crippen molar-refractivity contribution in [1.29, 1.82) is 0 Å². The smallest absolute Gasteiger partial charge is 0.324 e. The molecular formula is C15H29NO4. The monoisotopic (exact) mass is 287 g/mol. The highest BCUT2D eigenvalue weighted by atomic mass is 16.5. The van der Waals surface area contributed by atoms with Crippen molar-refractivity contribution >= 4 is 11.9 Å². The van der Waals surface area contributed by atoms with E-state index in [-0.39, 0.29) is 12.6 Å². The minimum absolute atomic E-state index is 0.244. The molecule has 1 unspecified atom stereocenters. The lowest BCUT2D eigenvalue weighted by atomic mass is 10.1. The number of carbonyl (C=O) groups excluding carboxylic acids is 1. The standard InChI is InChI=1S/C15H29NO4/c1-2-3-4-5-6-7-8-9-10-11-14(17)20-12-13(16)15(18)19/h13H,2-12,16H2,1H3,(H,18,19). The van der Waals surface area contributed by atoms with Gasteiger partial charge >= 0.3 is 11.9 Å². The van der Waals surface area contributed by atoms with Gasteiger partial charge in [0.15, 0.2) is 0 Å². The molecule has 0 aliphatic carbocycles. The highest BCUT2D eigenvalue weighted by Gasteiger charge is 2.13. The Hall–Kier alpha value is -1.10. The molecule has 5 nitrogen and oxygen atoms in total. The summed E-state index contributed by atoms with van der Waals surface area (Å²) in [7, 11) is 0. The molecule has 118 valence electrons. The van der Waals surface area contributed by atoms with E-state index in [2.05, 4.69) is 6.92 Å². The van der Waals surface area contributed by atoms with Gasteiger partial charge in [-0.15, -0.1) is 0 Å². The van der Waals surface area contributed by atoms with Gasteiger partial charge in [-0.1, -0.05) is 58.3 Å². The van der Waals surface area contributed by atoms with Crippen LogP contribution in [0.5, 0.6) is 0 Å². The Balaban J connectivity index is 3.29. The van der Waals surface area contributed by atoms with Gasteiger partial charge in [-0.05, 0) is 6.42 Å². The number of unbranched alkanes of at least 4 members (excludes halogenated alkanes) is 8. The third kappa shape index (κ3) is 12.0. The predicted molar refractivity (Wildman–Crippen MR) is 78.4 cm³/mol. The molecule has 0 saturated carbocycles. The van der Waals surface area contributed by atoms with Crippen LogP contribution < -0.4 is 5.73 Å². The van der Waals surface area contributed by atoms with Crippen LogP contribution in [-0.4, -0.2) is 29.7 Å². The van der Waals surface area contributed by atoms with Gasteiger partial charge in [0.2, 0.25) is 0 Å². The molecule has 0 aromatic rings. The molecule has 0 aliphatic heterocycles. The van der Waals surface area contributed by atoms with E-state index in [0.29, 0.717) is 6.42 Å². The summed E-state index contributed by atoms with van der Waals surface area (Å²) in [6.07, 6.45) is 11.0. The topological polar surface area (TPSA) is 89.6 Å². The largest absolute Gasteiger partial charge is 0.480 e. The van der Waals surface area contributed by atoms with Crippen LogP contribution in [0.4, 0.5) is 0 Å². The maximum atomic E-state index is 11.3. The summed E-state index contributed by atoms with van der Waals surface area (Å²) in [4.78, 5) is 21.7. The third-order valence-corrected chi connectivity index (χ3v) is 3.23. The van der Waals surface area contributed by atoms with Crippen LogP contribution in [-0.2, 0) is 14.3 Å². The van der Waals surface area contributed by atoms with E-state index in [9.17, 15) is 9.59 Å². The third-order valence-electron chi connectivity index (χ3n) is 3.23. The Morgan fingerprint density at radius 2 is 1.50 bits per heavy atom. The van der Waals surface area contributed by atoms with Crippen LogP contribution in [0.25, 0.3) is 0 Å². The second-order valence-corrected chi connectivity index (χ2v) is 5.21. The molecule has 0 radical (unpaired) electrons. The van der Waals surface area contributed by atoms with Crippen molar-refractivity contribution in [1.82, 2.24) is 0 Å². The van der Waals surface area contributed by atoms with Crippen molar-refractivity contribution in [3.8, 4) is 0 Å². The zero-order chi connectivity index (χ0) is 15.2. The number of carboxylic acid groups (broad SMARTS) is 1. The fourth-order valence-electron chi connectivity index (χ4n) is 1.91. The Morgan fingerprint density at radius 3 is 2.00 bits per heavy atom. The molecule has 3 N–H and O–H groups in total. The molecule has 0 rings (SSSR count). The first-order valence-electron chi connectivity index (χ1n) is 7.72. The number of hydrogen-bond acceptors (Lipinski definition) is 4. The number of carbonyl (C=O) groups is 2. The number of nitrogens with two attached hydrogens (primary N) is 1. The van der Waals surface area contributed by atoms with E-state index in [4.69, 9.17) is 15.6 Å². The molecule has 0 bridgehead atoms. The minimum atomic E-state index is -1.15. The fraction of sp³-hybridized carbons (Fsp3) is 0.867. The molecule has 0 spiro atoms. The second kappa shape index (κ2) is 12.9. The van der Waals surface area contributed by atoms with Gasteiger partial charge in [-0.2, -0.15) is 0 Å². The van der Waals surface area contributed by atoms with Gasteiger partial charge in [0, 0.05) is 6.42 Å². The molecule has 0 aliphatic rings. The molecule has 0 amide bonds. The van der Waals surface area contributed by atoms with Crippen molar-refractivity contribution in [2.75, 3.05) is 6.61 Å². The lowest BCUT2D eigenvalue weighted by molar-refractivity contribution is -0.147. The van der Waals surface area contributed by atoms with Crippen molar-refractivity contribution in [3.63, 3.8) is 0 Å². The molecular weight excluding hydrogens is 258 g/mol.